The van der Waals surface area contributed by atoms with Crippen LogP contribution in [0.3, 0.4) is 0 Å². The highest BCUT2D eigenvalue weighted by Crippen LogP contribution is 2.21. The molecular formula is C15H18BrNO4. The Hall–Kier alpha value is -1.40. The molecule has 2 rings (SSSR count). The maximum Gasteiger partial charge on any atom is 0.305 e. The highest BCUT2D eigenvalue weighted by Gasteiger charge is 2.25. The molecule has 1 heterocycles. The van der Waals surface area contributed by atoms with E-state index in [1.165, 1.54) is 0 Å². The van der Waals surface area contributed by atoms with Crippen LogP contribution in [0.5, 0.6) is 0 Å². The lowest BCUT2D eigenvalue weighted by molar-refractivity contribution is -0.138. The first-order valence-corrected chi connectivity index (χ1v) is 7.74. The summed E-state index contributed by atoms with van der Waals surface area (Å²) in [6, 6.07) is 7.39. The van der Waals surface area contributed by atoms with E-state index < -0.39 is 5.97 Å². The maximum absolute atomic E-state index is 12.4. The number of carbonyl (C=O) groups is 2. The first-order chi connectivity index (χ1) is 10.1. The highest BCUT2D eigenvalue weighted by molar-refractivity contribution is 9.10. The van der Waals surface area contributed by atoms with Crippen LogP contribution in [0.2, 0.25) is 0 Å². The van der Waals surface area contributed by atoms with Gasteiger partial charge in [0.05, 0.1) is 24.7 Å². The minimum Gasteiger partial charge on any atom is -0.481 e. The summed E-state index contributed by atoms with van der Waals surface area (Å²) in [4.78, 5) is 24.7. The summed E-state index contributed by atoms with van der Waals surface area (Å²) in [5, 5.41) is 8.57. The number of rotatable bonds is 5. The van der Waals surface area contributed by atoms with E-state index in [4.69, 9.17) is 9.84 Å². The molecule has 1 aliphatic rings. The molecule has 0 aromatic heterocycles. The number of aliphatic carboxylic acids is 1. The van der Waals surface area contributed by atoms with Crippen molar-refractivity contribution in [2.45, 2.75) is 25.4 Å². The number of carboxylic acid groups (broad SMARTS) is 1. The molecule has 0 bridgehead atoms. The van der Waals surface area contributed by atoms with Crippen molar-refractivity contribution >= 4 is 27.8 Å². The molecule has 0 saturated carbocycles. The van der Waals surface area contributed by atoms with Crippen LogP contribution in [0.25, 0.3) is 0 Å². The monoisotopic (exact) mass is 355 g/mol. The molecule has 1 fully saturated rings. The third-order valence-corrected chi connectivity index (χ3v) is 4.19. The Kier molecular flexibility index (Phi) is 5.76. The number of benzene rings is 1. The van der Waals surface area contributed by atoms with E-state index >= 15 is 0 Å². The second-order valence-corrected chi connectivity index (χ2v) is 5.84. The first kappa shape index (κ1) is 16.0. The van der Waals surface area contributed by atoms with Crippen LogP contribution in [-0.2, 0) is 9.53 Å². The summed E-state index contributed by atoms with van der Waals surface area (Å²) >= 11 is 3.40. The Morgan fingerprint density at radius 2 is 1.95 bits per heavy atom. The molecule has 1 N–H and O–H groups in total. The number of halogens is 1. The van der Waals surface area contributed by atoms with Crippen LogP contribution in [-0.4, -0.2) is 47.7 Å². The lowest BCUT2D eigenvalue weighted by atomic mass is 10.1. The molecule has 114 valence electrons. The lowest BCUT2D eigenvalue weighted by Crippen LogP contribution is -2.41. The zero-order valence-corrected chi connectivity index (χ0v) is 13.2. The lowest BCUT2D eigenvalue weighted by Gasteiger charge is -2.32. The Labute approximate surface area is 132 Å². The van der Waals surface area contributed by atoms with Crippen LogP contribution < -0.4 is 0 Å². The van der Waals surface area contributed by atoms with Gasteiger partial charge in [-0.15, -0.1) is 0 Å². The zero-order valence-electron chi connectivity index (χ0n) is 11.6. The molecule has 21 heavy (non-hydrogen) atoms. The number of hydrogen-bond acceptors (Lipinski definition) is 3. The van der Waals surface area contributed by atoms with Crippen molar-refractivity contribution in [1.29, 1.82) is 0 Å². The van der Waals surface area contributed by atoms with Gasteiger partial charge in [0.1, 0.15) is 0 Å². The second-order valence-electron chi connectivity index (χ2n) is 4.99. The van der Waals surface area contributed by atoms with Crippen molar-refractivity contribution in [2.75, 3.05) is 19.7 Å². The van der Waals surface area contributed by atoms with Gasteiger partial charge in [0.25, 0.3) is 5.91 Å². The van der Waals surface area contributed by atoms with Gasteiger partial charge in [-0.1, -0.05) is 12.1 Å². The molecule has 6 heteroatoms. The molecule has 1 aliphatic heterocycles. The number of carbonyl (C=O) groups excluding carboxylic acids is 1. The third kappa shape index (κ3) is 4.54. The fourth-order valence-electron chi connectivity index (χ4n) is 2.34. The van der Waals surface area contributed by atoms with E-state index in [2.05, 4.69) is 15.9 Å². The van der Waals surface area contributed by atoms with E-state index in [0.717, 1.165) is 17.3 Å². The van der Waals surface area contributed by atoms with Crippen LogP contribution in [0.4, 0.5) is 0 Å². The molecule has 0 unspecified atom stereocenters. The normalized spacial score (nSPS) is 16.0. The predicted molar refractivity (Wildman–Crippen MR) is 81.3 cm³/mol. The fourth-order valence-corrected chi connectivity index (χ4v) is 2.80. The van der Waals surface area contributed by atoms with E-state index in [1.54, 1.807) is 0 Å². The number of likely N-dealkylation sites (tertiary alicyclic amines) is 1. The molecule has 5 nitrogen and oxygen atoms in total. The van der Waals surface area contributed by atoms with Crippen molar-refractivity contribution in [3.05, 3.63) is 34.3 Å². The summed E-state index contributed by atoms with van der Waals surface area (Å²) in [6.07, 6.45) is 1.56. The summed E-state index contributed by atoms with van der Waals surface area (Å²) in [7, 11) is 0. The standard InChI is InChI=1S/C15H18BrNO4/c16-13-4-2-1-3-12(13)15(20)17-8-5-11(6-9-17)21-10-7-14(18)19/h1-4,11H,5-10H2,(H,18,19). The number of amides is 1. The molecule has 1 aromatic rings. The Balaban J connectivity index is 1.82. The van der Waals surface area contributed by atoms with Gasteiger partial charge >= 0.3 is 5.97 Å². The van der Waals surface area contributed by atoms with Gasteiger partial charge in [0.2, 0.25) is 0 Å². The van der Waals surface area contributed by atoms with Gasteiger partial charge < -0.3 is 14.7 Å². The predicted octanol–water partition coefficient (Wildman–Crippen LogP) is 2.55. The molecule has 0 aliphatic carbocycles. The third-order valence-electron chi connectivity index (χ3n) is 3.50. The maximum atomic E-state index is 12.4. The Morgan fingerprint density at radius 3 is 2.57 bits per heavy atom. The second kappa shape index (κ2) is 7.56. The van der Waals surface area contributed by atoms with E-state index in [0.29, 0.717) is 18.7 Å². The van der Waals surface area contributed by atoms with Gasteiger partial charge in [-0.05, 0) is 40.9 Å². The summed E-state index contributed by atoms with van der Waals surface area (Å²) in [6.45, 7) is 1.51. The van der Waals surface area contributed by atoms with Crippen LogP contribution >= 0.6 is 15.9 Å². The van der Waals surface area contributed by atoms with E-state index in [1.807, 2.05) is 29.2 Å². The SMILES string of the molecule is O=C(O)CCOC1CCN(C(=O)c2ccccc2Br)CC1. The molecule has 0 atom stereocenters. The van der Waals surface area contributed by atoms with Crippen molar-refractivity contribution in [2.24, 2.45) is 0 Å². The van der Waals surface area contributed by atoms with Gasteiger partial charge in [-0.25, -0.2) is 0 Å². The van der Waals surface area contributed by atoms with Gasteiger partial charge in [0, 0.05) is 17.6 Å². The molecule has 1 amide bonds. The highest BCUT2D eigenvalue weighted by atomic mass is 79.9. The summed E-state index contributed by atoms with van der Waals surface area (Å²) in [5.74, 6) is -0.831. The smallest absolute Gasteiger partial charge is 0.305 e. The number of hydrogen-bond donors (Lipinski definition) is 1. The van der Waals surface area contributed by atoms with Gasteiger partial charge in [-0.3, -0.25) is 9.59 Å². The molecule has 0 radical (unpaired) electrons. The van der Waals surface area contributed by atoms with Crippen LogP contribution in [0.15, 0.2) is 28.7 Å². The Bertz CT molecular complexity index is 512. The van der Waals surface area contributed by atoms with Gasteiger partial charge in [-0.2, -0.15) is 0 Å². The van der Waals surface area contributed by atoms with E-state index in [-0.39, 0.29) is 25.0 Å². The minimum atomic E-state index is -0.850. The fraction of sp³-hybridized carbons (Fsp3) is 0.467. The van der Waals surface area contributed by atoms with Crippen molar-refractivity contribution in [3.8, 4) is 0 Å². The van der Waals surface area contributed by atoms with Crippen LogP contribution in [0, 0.1) is 0 Å². The average molecular weight is 356 g/mol. The largest absolute Gasteiger partial charge is 0.481 e. The van der Waals surface area contributed by atoms with Crippen molar-refractivity contribution < 1.29 is 19.4 Å². The topological polar surface area (TPSA) is 66.8 Å². The zero-order chi connectivity index (χ0) is 15.2. The molecule has 0 spiro atoms. The molecule has 1 aromatic carbocycles. The number of carboxylic acids is 1. The number of ether oxygens (including phenoxy) is 1. The van der Waals surface area contributed by atoms with Gasteiger partial charge in [0.15, 0.2) is 0 Å². The van der Waals surface area contributed by atoms with Crippen molar-refractivity contribution in [3.63, 3.8) is 0 Å². The van der Waals surface area contributed by atoms with E-state index in [9.17, 15) is 9.59 Å². The average Bonchev–Trinajstić information content (AvgIpc) is 2.47. The quantitative estimate of drug-likeness (QED) is 0.881. The molecule has 1 saturated heterocycles. The number of nitrogens with zero attached hydrogens (tertiary/aromatic N) is 1. The molecular weight excluding hydrogens is 338 g/mol. The summed E-state index contributed by atoms with van der Waals surface area (Å²) < 4.78 is 6.32. The number of piperidine rings is 1. The minimum absolute atomic E-state index is 0.0199. The first-order valence-electron chi connectivity index (χ1n) is 6.95. The van der Waals surface area contributed by atoms with Crippen LogP contribution in [0.1, 0.15) is 29.6 Å². The van der Waals surface area contributed by atoms with Crippen molar-refractivity contribution in [1.82, 2.24) is 4.90 Å². The Morgan fingerprint density at radius 1 is 1.29 bits per heavy atom. The summed E-state index contributed by atoms with van der Waals surface area (Å²) in [5.41, 5.74) is 0.669.